The molecule has 80 valence electrons. The second-order valence-corrected chi connectivity index (χ2v) is 4.16. The summed E-state index contributed by atoms with van der Waals surface area (Å²) in [5.41, 5.74) is 0.327. The number of hydrogen-bond donors (Lipinski definition) is 0. The Kier molecular flexibility index (Phi) is 2.80. The first-order valence-corrected chi connectivity index (χ1v) is 4.53. The van der Waals surface area contributed by atoms with Crippen molar-refractivity contribution in [3.63, 3.8) is 0 Å². The van der Waals surface area contributed by atoms with Crippen molar-refractivity contribution in [2.24, 2.45) is 0 Å². The van der Waals surface area contributed by atoms with Gasteiger partial charge in [0.25, 0.3) is 0 Å². The van der Waals surface area contributed by atoms with Gasteiger partial charge in [0.05, 0.1) is 17.5 Å². The summed E-state index contributed by atoms with van der Waals surface area (Å²) in [6.45, 7) is 6.98. The van der Waals surface area contributed by atoms with Crippen LogP contribution in [0, 0.1) is 18.3 Å². The summed E-state index contributed by atoms with van der Waals surface area (Å²) in [6.07, 6.45) is 0.788. The largest absolute Gasteiger partial charge is 0.442 e. The minimum absolute atomic E-state index is 0.376. The maximum Gasteiger partial charge on any atom is 0.435 e. The number of rotatable bonds is 0. The van der Waals surface area contributed by atoms with Crippen LogP contribution in [0.3, 0.4) is 0 Å². The molecule has 0 atom stereocenters. The van der Waals surface area contributed by atoms with Gasteiger partial charge >= 0.3 is 6.09 Å². The molecule has 1 heterocycles. The van der Waals surface area contributed by atoms with Gasteiger partial charge in [-0.25, -0.2) is 4.79 Å². The fourth-order valence-corrected chi connectivity index (χ4v) is 0.972. The predicted molar refractivity (Wildman–Crippen MR) is 53.3 cm³/mol. The molecule has 15 heavy (non-hydrogen) atoms. The average molecular weight is 207 g/mol. The highest BCUT2D eigenvalue weighted by Gasteiger charge is 2.19. The van der Waals surface area contributed by atoms with Gasteiger partial charge < -0.3 is 4.74 Å². The van der Waals surface area contributed by atoms with Crippen LogP contribution >= 0.6 is 0 Å². The first-order chi connectivity index (χ1) is 6.83. The Labute approximate surface area is 88.3 Å². The molecule has 0 spiro atoms. The van der Waals surface area contributed by atoms with Crippen molar-refractivity contribution >= 4 is 6.09 Å². The first kappa shape index (κ1) is 11.2. The molecular weight excluding hydrogens is 194 g/mol. The minimum atomic E-state index is -0.577. The van der Waals surface area contributed by atoms with Crippen LogP contribution in [-0.2, 0) is 4.74 Å². The molecular formula is C10H13N3O2. The first-order valence-electron chi connectivity index (χ1n) is 4.53. The molecule has 0 saturated heterocycles. The summed E-state index contributed by atoms with van der Waals surface area (Å²) in [4.78, 5) is 11.5. The van der Waals surface area contributed by atoms with E-state index in [1.165, 1.54) is 6.20 Å². The summed E-state index contributed by atoms with van der Waals surface area (Å²) < 4.78 is 6.13. The highest BCUT2D eigenvalue weighted by atomic mass is 16.6. The second kappa shape index (κ2) is 3.73. The number of carbonyl (C=O) groups excluding carboxylic acids is 1. The van der Waals surface area contributed by atoms with Gasteiger partial charge in [0.1, 0.15) is 11.7 Å². The van der Waals surface area contributed by atoms with Gasteiger partial charge in [0.15, 0.2) is 0 Å². The SMILES string of the molecule is Cc1nn(C(=O)OC(C)(C)C)cc1C#N. The van der Waals surface area contributed by atoms with Gasteiger partial charge in [-0.05, 0) is 27.7 Å². The highest BCUT2D eigenvalue weighted by molar-refractivity contribution is 5.70. The zero-order valence-corrected chi connectivity index (χ0v) is 9.24. The molecule has 0 aliphatic carbocycles. The van der Waals surface area contributed by atoms with Gasteiger partial charge in [0, 0.05) is 0 Å². The lowest BCUT2D eigenvalue weighted by Crippen LogP contribution is -2.27. The van der Waals surface area contributed by atoms with Crippen molar-refractivity contribution in [2.45, 2.75) is 33.3 Å². The van der Waals surface area contributed by atoms with E-state index in [1.54, 1.807) is 27.7 Å². The lowest BCUT2D eigenvalue weighted by Gasteiger charge is -2.18. The lowest BCUT2D eigenvalue weighted by atomic mass is 10.2. The number of carbonyl (C=O) groups is 1. The molecule has 0 aliphatic rings. The van der Waals surface area contributed by atoms with Crippen molar-refractivity contribution in [3.8, 4) is 6.07 Å². The zero-order valence-electron chi connectivity index (χ0n) is 9.24. The maximum atomic E-state index is 11.5. The van der Waals surface area contributed by atoms with Gasteiger partial charge in [-0.3, -0.25) is 0 Å². The van der Waals surface area contributed by atoms with Crippen LogP contribution in [0.2, 0.25) is 0 Å². The third-order valence-electron chi connectivity index (χ3n) is 1.60. The Morgan fingerprint density at radius 2 is 2.20 bits per heavy atom. The standard InChI is InChI=1S/C10H13N3O2/c1-7-8(5-11)6-13(12-7)9(14)15-10(2,3)4/h6H,1-4H3. The number of aryl methyl sites for hydroxylation is 1. The van der Waals surface area contributed by atoms with E-state index in [-0.39, 0.29) is 0 Å². The maximum absolute atomic E-state index is 11.5. The molecule has 0 fully saturated rings. The van der Waals surface area contributed by atoms with Gasteiger partial charge in [-0.15, -0.1) is 0 Å². The Balaban J connectivity index is 2.89. The number of hydrogen-bond acceptors (Lipinski definition) is 4. The van der Waals surface area contributed by atoms with Gasteiger partial charge in [-0.2, -0.15) is 15.0 Å². The third-order valence-corrected chi connectivity index (χ3v) is 1.60. The number of nitriles is 1. The predicted octanol–water partition coefficient (Wildman–Crippen LogP) is 1.85. The molecule has 0 unspecified atom stereocenters. The number of nitrogens with zero attached hydrogens (tertiary/aromatic N) is 3. The van der Waals surface area contributed by atoms with Gasteiger partial charge in [-0.1, -0.05) is 0 Å². The fourth-order valence-electron chi connectivity index (χ4n) is 0.972. The minimum Gasteiger partial charge on any atom is -0.442 e. The molecule has 0 bridgehead atoms. The Bertz CT molecular complexity index is 421. The summed E-state index contributed by atoms with van der Waals surface area (Å²) in [5, 5.41) is 12.6. The van der Waals surface area contributed by atoms with E-state index in [2.05, 4.69) is 5.10 Å². The van der Waals surface area contributed by atoms with Crippen LogP contribution in [-0.4, -0.2) is 21.5 Å². The van der Waals surface area contributed by atoms with Crippen molar-refractivity contribution < 1.29 is 9.53 Å². The summed E-state index contributed by atoms with van der Waals surface area (Å²) in [6, 6.07) is 1.94. The van der Waals surface area contributed by atoms with Crippen LogP contribution in [0.15, 0.2) is 6.20 Å². The van der Waals surface area contributed by atoms with Crippen LogP contribution < -0.4 is 0 Å². The molecule has 0 aromatic carbocycles. The molecule has 0 radical (unpaired) electrons. The molecule has 1 rings (SSSR count). The topological polar surface area (TPSA) is 67.9 Å². The summed E-state index contributed by atoms with van der Waals surface area (Å²) >= 11 is 0. The normalized spacial score (nSPS) is 10.9. The fraction of sp³-hybridized carbons (Fsp3) is 0.500. The second-order valence-electron chi connectivity index (χ2n) is 4.16. The van der Waals surface area contributed by atoms with Crippen LogP contribution in [0.4, 0.5) is 4.79 Å². The third kappa shape index (κ3) is 2.81. The molecule has 5 nitrogen and oxygen atoms in total. The average Bonchev–Trinajstić information content (AvgIpc) is 2.43. The molecule has 1 aromatic rings. The van der Waals surface area contributed by atoms with Crippen LogP contribution in [0.5, 0.6) is 0 Å². The number of aromatic nitrogens is 2. The van der Waals surface area contributed by atoms with E-state index in [1.807, 2.05) is 6.07 Å². The Hall–Kier alpha value is -1.83. The summed E-state index contributed by atoms with van der Waals surface area (Å²) in [7, 11) is 0. The number of ether oxygens (including phenoxy) is 1. The van der Waals surface area contributed by atoms with Crippen LogP contribution in [0.25, 0.3) is 0 Å². The smallest absolute Gasteiger partial charge is 0.435 e. The monoisotopic (exact) mass is 207 g/mol. The van der Waals surface area contributed by atoms with E-state index < -0.39 is 11.7 Å². The van der Waals surface area contributed by atoms with Crippen molar-refractivity contribution in [1.82, 2.24) is 9.78 Å². The molecule has 0 saturated carbocycles. The Morgan fingerprint density at radius 1 is 1.60 bits per heavy atom. The van der Waals surface area contributed by atoms with Gasteiger partial charge in [0.2, 0.25) is 0 Å². The van der Waals surface area contributed by atoms with E-state index in [4.69, 9.17) is 10.00 Å². The summed E-state index contributed by atoms with van der Waals surface area (Å²) in [5.74, 6) is 0. The molecule has 5 heteroatoms. The Morgan fingerprint density at radius 3 is 2.60 bits per heavy atom. The van der Waals surface area contributed by atoms with Crippen molar-refractivity contribution in [1.29, 1.82) is 5.26 Å². The molecule has 0 N–H and O–H groups in total. The lowest BCUT2D eigenvalue weighted by molar-refractivity contribution is 0.0514. The molecule has 0 amide bonds. The van der Waals surface area contributed by atoms with Crippen molar-refractivity contribution in [3.05, 3.63) is 17.5 Å². The van der Waals surface area contributed by atoms with E-state index in [0.29, 0.717) is 11.3 Å². The van der Waals surface area contributed by atoms with Crippen molar-refractivity contribution in [2.75, 3.05) is 0 Å². The molecule has 1 aromatic heterocycles. The zero-order chi connectivity index (χ0) is 11.6. The van der Waals surface area contributed by atoms with E-state index in [9.17, 15) is 4.79 Å². The molecule has 0 aliphatic heterocycles. The quantitative estimate of drug-likeness (QED) is 0.651. The van der Waals surface area contributed by atoms with E-state index >= 15 is 0 Å². The van der Waals surface area contributed by atoms with Crippen LogP contribution in [0.1, 0.15) is 32.0 Å². The van der Waals surface area contributed by atoms with E-state index in [0.717, 1.165) is 4.68 Å². The highest BCUT2D eigenvalue weighted by Crippen LogP contribution is 2.10.